The van der Waals surface area contributed by atoms with E-state index in [-0.39, 0.29) is 29.8 Å². The van der Waals surface area contributed by atoms with E-state index in [2.05, 4.69) is 0 Å². The number of nitrogens with two attached hydrogens (primary N) is 1. The van der Waals surface area contributed by atoms with E-state index in [0.29, 0.717) is 30.8 Å². The summed E-state index contributed by atoms with van der Waals surface area (Å²) in [4.78, 5) is 64.9. The average Bonchev–Trinajstić information content (AvgIpc) is 3.33. The first-order chi connectivity index (χ1) is 15.6. The number of hydrogen-bond acceptors (Lipinski definition) is 8. The van der Waals surface area contributed by atoms with Gasteiger partial charge in [-0.05, 0) is 30.2 Å². The molecule has 1 aliphatic heterocycles. The SMILES string of the molecule is CC(C)Cn1c(N)c(C(=O)COC(=O)C2CCN(C(=O)c3cccs3)CC2)c(=O)n(C)c1=O. The second-order valence-electron chi connectivity index (χ2n) is 8.49. The van der Waals surface area contributed by atoms with Gasteiger partial charge in [0.15, 0.2) is 6.61 Å². The molecule has 0 aromatic carbocycles. The van der Waals surface area contributed by atoms with Gasteiger partial charge in [0.2, 0.25) is 5.78 Å². The number of Topliss-reactive ketones (excluding diaryl/α,β-unsaturated/α-hetero) is 1. The summed E-state index contributed by atoms with van der Waals surface area (Å²) in [5.41, 5.74) is 4.20. The second-order valence-corrected chi connectivity index (χ2v) is 9.43. The number of ketones is 1. The molecule has 1 fully saturated rings. The lowest BCUT2D eigenvalue weighted by molar-refractivity contribution is -0.148. The van der Waals surface area contributed by atoms with Gasteiger partial charge in [0.05, 0.1) is 10.8 Å². The number of piperidine rings is 1. The van der Waals surface area contributed by atoms with Crippen molar-refractivity contribution in [2.75, 3.05) is 25.4 Å². The van der Waals surface area contributed by atoms with E-state index >= 15 is 0 Å². The predicted molar refractivity (Wildman–Crippen MR) is 123 cm³/mol. The van der Waals surface area contributed by atoms with Crippen LogP contribution in [0.3, 0.4) is 0 Å². The topological polar surface area (TPSA) is 134 Å². The molecular formula is C22H28N4O6S. The fourth-order valence-electron chi connectivity index (χ4n) is 3.79. The molecule has 0 radical (unpaired) electrons. The number of likely N-dealkylation sites (tertiary alicyclic amines) is 1. The molecule has 0 unspecified atom stereocenters. The maximum absolute atomic E-state index is 12.7. The molecule has 1 aliphatic rings. The first-order valence-corrected chi connectivity index (χ1v) is 11.6. The van der Waals surface area contributed by atoms with Crippen molar-refractivity contribution in [3.05, 3.63) is 48.8 Å². The Balaban J connectivity index is 1.63. The standard InChI is InChI=1S/C22H28N4O6S/c1-13(2)11-26-18(23)17(20(29)24(3)22(26)31)15(27)12-32-21(30)14-6-8-25(9-7-14)19(28)16-5-4-10-33-16/h4-5,10,13-14H,6-9,11-12,23H2,1-3H3. The van der Waals surface area contributed by atoms with E-state index < -0.39 is 35.5 Å². The summed E-state index contributed by atoms with van der Waals surface area (Å²) in [6.07, 6.45) is 0.848. The van der Waals surface area contributed by atoms with Gasteiger partial charge in [-0.2, -0.15) is 0 Å². The molecule has 0 atom stereocenters. The van der Waals surface area contributed by atoms with Crippen LogP contribution in [0.1, 0.15) is 46.7 Å². The highest BCUT2D eigenvalue weighted by Crippen LogP contribution is 2.22. The number of ether oxygens (including phenoxy) is 1. The van der Waals surface area contributed by atoms with Crippen molar-refractivity contribution in [1.82, 2.24) is 14.0 Å². The van der Waals surface area contributed by atoms with Crippen LogP contribution in [0.25, 0.3) is 0 Å². The van der Waals surface area contributed by atoms with Crippen molar-refractivity contribution in [3.8, 4) is 0 Å². The summed E-state index contributed by atoms with van der Waals surface area (Å²) in [6, 6.07) is 3.58. The first kappa shape index (κ1) is 24.4. The molecule has 0 saturated carbocycles. The largest absolute Gasteiger partial charge is 0.457 e. The Labute approximate surface area is 194 Å². The van der Waals surface area contributed by atoms with Gasteiger partial charge in [0.25, 0.3) is 11.5 Å². The number of hydrogen-bond donors (Lipinski definition) is 1. The maximum Gasteiger partial charge on any atom is 0.332 e. The molecule has 2 aromatic rings. The highest BCUT2D eigenvalue weighted by atomic mass is 32.1. The third kappa shape index (κ3) is 5.24. The number of rotatable bonds is 7. The summed E-state index contributed by atoms with van der Waals surface area (Å²) in [6.45, 7) is 4.17. The minimum absolute atomic E-state index is 0.0563. The van der Waals surface area contributed by atoms with E-state index in [1.54, 1.807) is 11.0 Å². The van der Waals surface area contributed by atoms with Gasteiger partial charge in [-0.1, -0.05) is 19.9 Å². The highest BCUT2D eigenvalue weighted by molar-refractivity contribution is 7.12. The normalized spacial score (nSPS) is 14.5. The van der Waals surface area contributed by atoms with Crippen LogP contribution < -0.4 is 17.0 Å². The van der Waals surface area contributed by atoms with Crippen LogP contribution in [-0.4, -0.2) is 51.4 Å². The number of thiophene rings is 1. The number of nitrogens with zero attached hydrogens (tertiary/aromatic N) is 3. The molecule has 10 nitrogen and oxygen atoms in total. The molecule has 33 heavy (non-hydrogen) atoms. The van der Waals surface area contributed by atoms with Crippen LogP contribution in [0, 0.1) is 11.8 Å². The maximum atomic E-state index is 12.7. The van der Waals surface area contributed by atoms with Crippen LogP contribution in [0.4, 0.5) is 5.82 Å². The van der Waals surface area contributed by atoms with Gasteiger partial charge in [-0.25, -0.2) is 4.79 Å². The summed E-state index contributed by atoms with van der Waals surface area (Å²) < 4.78 is 7.20. The van der Waals surface area contributed by atoms with Gasteiger partial charge < -0.3 is 15.4 Å². The molecule has 3 heterocycles. The fraction of sp³-hybridized carbons (Fsp3) is 0.500. The van der Waals surface area contributed by atoms with Crippen molar-refractivity contribution >= 4 is 34.8 Å². The third-order valence-corrected chi connectivity index (χ3v) is 6.46. The Kier molecular flexibility index (Phi) is 7.52. The molecule has 1 amide bonds. The van der Waals surface area contributed by atoms with Gasteiger partial charge >= 0.3 is 11.7 Å². The van der Waals surface area contributed by atoms with Crippen LogP contribution >= 0.6 is 11.3 Å². The Morgan fingerprint density at radius 1 is 1.21 bits per heavy atom. The van der Waals surface area contributed by atoms with E-state index in [1.165, 1.54) is 23.0 Å². The lowest BCUT2D eigenvalue weighted by Crippen LogP contribution is -2.44. The highest BCUT2D eigenvalue weighted by Gasteiger charge is 2.30. The number of carbonyl (C=O) groups excluding carboxylic acids is 3. The quantitative estimate of drug-likeness (QED) is 0.468. The zero-order chi connectivity index (χ0) is 24.3. The zero-order valence-electron chi connectivity index (χ0n) is 18.9. The summed E-state index contributed by atoms with van der Waals surface area (Å²) in [7, 11) is 1.27. The summed E-state index contributed by atoms with van der Waals surface area (Å²) in [5.74, 6) is -1.99. The van der Waals surface area contributed by atoms with Crippen LogP contribution in [0.15, 0.2) is 27.1 Å². The molecule has 3 rings (SSSR count). The van der Waals surface area contributed by atoms with E-state index in [9.17, 15) is 24.0 Å². The minimum Gasteiger partial charge on any atom is -0.457 e. The number of amides is 1. The molecule has 178 valence electrons. The van der Waals surface area contributed by atoms with Crippen LogP contribution in [0.2, 0.25) is 0 Å². The molecule has 11 heteroatoms. The smallest absolute Gasteiger partial charge is 0.332 e. The van der Waals surface area contributed by atoms with Gasteiger partial charge in [0, 0.05) is 26.7 Å². The molecular weight excluding hydrogens is 448 g/mol. The number of nitrogen functional groups attached to an aromatic ring is 1. The third-order valence-electron chi connectivity index (χ3n) is 5.60. The molecule has 2 aromatic heterocycles. The van der Waals surface area contributed by atoms with Crippen LogP contribution in [-0.2, 0) is 23.1 Å². The molecule has 0 spiro atoms. The lowest BCUT2D eigenvalue weighted by Gasteiger charge is -2.30. The molecule has 2 N–H and O–H groups in total. The second kappa shape index (κ2) is 10.2. The molecule has 0 aliphatic carbocycles. The van der Waals surface area contributed by atoms with Crippen molar-refractivity contribution in [3.63, 3.8) is 0 Å². The Bertz CT molecular complexity index is 1160. The number of anilines is 1. The Hall–Kier alpha value is -3.21. The zero-order valence-corrected chi connectivity index (χ0v) is 19.7. The van der Waals surface area contributed by atoms with Gasteiger partial charge in [-0.15, -0.1) is 11.3 Å². The molecule has 1 saturated heterocycles. The minimum atomic E-state index is -0.820. The lowest BCUT2D eigenvalue weighted by atomic mass is 9.97. The number of aromatic nitrogens is 2. The van der Waals surface area contributed by atoms with E-state index in [1.807, 2.05) is 25.3 Å². The van der Waals surface area contributed by atoms with E-state index in [4.69, 9.17) is 10.5 Å². The van der Waals surface area contributed by atoms with Gasteiger partial charge in [0.1, 0.15) is 11.4 Å². The molecule has 0 bridgehead atoms. The van der Waals surface area contributed by atoms with Gasteiger partial charge in [-0.3, -0.25) is 28.3 Å². The number of esters is 1. The first-order valence-electron chi connectivity index (χ1n) is 10.7. The van der Waals surface area contributed by atoms with Crippen molar-refractivity contribution < 1.29 is 19.1 Å². The average molecular weight is 477 g/mol. The van der Waals surface area contributed by atoms with Crippen molar-refractivity contribution in [1.29, 1.82) is 0 Å². The Morgan fingerprint density at radius 3 is 2.45 bits per heavy atom. The van der Waals surface area contributed by atoms with Crippen molar-refractivity contribution in [2.45, 2.75) is 33.2 Å². The van der Waals surface area contributed by atoms with Crippen molar-refractivity contribution in [2.24, 2.45) is 18.9 Å². The monoisotopic (exact) mass is 476 g/mol. The summed E-state index contributed by atoms with van der Waals surface area (Å²) in [5, 5.41) is 1.84. The van der Waals surface area contributed by atoms with Crippen LogP contribution in [0.5, 0.6) is 0 Å². The van der Waals surface area contributed by atoms with E-state index in [0.717, 1.165) is 4.57 Å². The number of carbonyl (C=O) groups is 3. The fourth-order valence-corrected chi connectivity index (χ4v) is 4.48. The Morgan fingerprint density at radius 2 is 1.88 bits per heavy atom. The summed E-state index contributed by atoms with van der Waals surface area (Å²) >= 11 is 1.37. The predicted octanol–water partition coefficient (Wildman–Crippen LogP) is 1.13.